The van der Waals surface area contributed by atoms with Gasteiger partial charge in [0.05, 0.1) is 0 Å². The molecule has 1 aromatic heterocycles. The van der Waals surface area contributed by atoms with E-state index in [4.69, 9.17) is 0 Å². The maximum atomic E-state index is 3.54. The van der Waals surface area contributed by atoms with Crippen LogP contribution in [0.2, 0.25) is 0 Å². The van der Waals surface area contributed by atoms with E-state index in [9.17, 15) is 0 Å². The van der Waals surface area contributed by atoms with E-state index in [0.29, 0.717) is 6.04 Å². The molecule has 0 bridgehead atoms. The van der Waals surface area contributed by atoms with Crippen molar-refractivity contribution in [2.45, 2.75) is 46.2 Å². The molecule has 0 aliphatic heterocycles. The van der Waals surface area contributed by atoms with Gasteiger partial charge in [-0.3, -0.25) is 0 Å². The Labute approximate surface area is 99.0 Å². The predicted octanol–water partition coefficient (Wildman–Crippen LogP) is 4.10. The van der Waals surface area contributed by atoms with E-state index in [0.717, 1.165) is 6.54 Å². The lowest BCUT2D eigenvalue weighted by molar-refractivity contribution is 0.511. The van der Waals surface area contributed by atoms with Crippen LogP contribution in [-0.4, -0.2) is 6.04 Å². The van der Waals surface area contributed by atoms with Gasteiger partial charge in [-0.15, -0.1) is 11.3 Å². The molecule has 1 rings (SSSR count). The van der Waals surface area contributed by atoms with Crippen LogP contribution in [0.15, 0.2) is 10.5 Å². The maximum absolute atomic E-state index is 3.54. The normalized spacial score (nSPS) is 13.1. The zero-order chi connectivity index (χ0) is 10.6. The highest BCUT2D eigenvalue weighted by Gasteiger charge is 2.04. The van der Waals surface area contributed by atoms with Gasteiger partial charge in [-0.1, -0.05) is 13.3 Å². The van der Waals surface area contributed by atoms with Crippen molar-refractivity contribution >= 4 is 27.3 Å². The van der Waals surface area contributed by atoms with E-state index in [1.165, 1.54) is 27.1 Å². The quantitative estimate of drug-likeness (QED) is 0.853. The second-order valence-corrected chi connectivity index (χ2v) is 5.88. The topological polar surface area (TPSA) is 12.0 Å². The summed E-state index contributed by atoms with van der Waals surface area (Å²) >= 11 is 5.40. The molecule has 0 spiro atoms. The molecule has 1 N–H and O–H groups in total. The highest BCUT2D eigenvalue weighted by Crippen LogP contribution is 2.26. The summed E-state index contributed by atoms with van der Waals surface area (Å²) in [5.41, 5.74) is 0. The molecule has 0 aromatic carbocycles. The monoisotopic (exact) mass is 275 g/mol. The molecule has 0 aliphatic rings. The molecule has 0 amide bonds. The molecular weight excluding hydrogens is 258 g/mol. The summed E-state index contributed by atoms with van der Waals surface area (Å²) in [6, 6.07) is 2.84. The molecule has 1 nitrogen and oxygen atoms in total. The second-order valence-electron chi connectivity index (χ2n) is 3.69. The van der Waals surface area contributed by atoms with Crippen molar-refractivity contribution in [3.8, 4) is 0 Å². The van der Waals surface area contributed by atoms with Gasteiger partial charge in [0, 0.05) is 26.8 Å². The van der Waals surface area contributed by atoms with E-state index in [-0.39, 0.29) is 0 Å². The molecule has 0 fully saturated rings. The summed E-state index contributed by atoms with van der Waals surface area (Å²) in [5, 5.41) is 3.53. The molecule has 1 aromatic rings. The number of halogens is 1. The third-order valence-corrected chi connectivity index (χ3v) is 4.39. The molecule has 3 heteroatoms. The van der Waals surface area contributed by atoms with Crippen molar-refractivity contribution in [2.24, 2.45) is 0 Å². The van der Waals surface area contributed by atoms with Crippen LogP contribution in [0, 0.1) is 6.92 Å². The highest BCUT2D eigenvalue weighted by molar-refractivity contribution is 9.10. The number of thiophene rings is 1. The lowest BCUT2D eigenvalue weighted by atomic mass is 10.2. The van der Waals surface area contributed by atoms with E-state index < -0.39 is 0 Å². The minimum absolute atomic E-state index is 0.626. The summed E-state index contributed by atoms with van der Waals surface area (Å²) in [7, 11) is 0. The summed E-state index contributed by atoms with van der Waals surface area (Å²) < 4.78 is 1.24. The Morgan fingerprint density at radius 3 is 2.79 bits per heavy atom. The Kier molecular flexibility index (Phi) is 5.13. The molecular formula is C11H18BrNS. The van der Waals surface area contributed by atoms with E-state index in [1.54, 1.807) is 0 Å². The van der Waals surface area contributed by atoms with Crippen LogP contribution in [-0.2, 0) is 6.54 Å². The van der Waals surface area contributed by atoms with Gasteiger partial charge >= 0.3 is 0 Å². The number of hydrogen-bond donors (Lipinski definition) is 1. The molecule has 0 radical (unpaired) electrons. The van der Waals surface area contributed by atoms with Gasteiger partial charge in [-0.25, -0.2) is 0 Å². The van der Waals surface area contributed by atoms with Crippen LogP contribution in [0.3, 0.4) is 0 Å². The second kappa shape index (κ2) is 5.89. The minimum atomic E-state index is 0.626. The standard InChI is InChI=1S/C11H18BrNS/c1-4-5-8(2)13-7-10-6-11(12)9(3)14-10/h6,8,13H,4-5,7H2,1-3H3. The van der Waals surface area contributed by atoms with Crippen molar-refractivity contribution in [2.75, 3.05) is 0 Å². The first kappa shape index (κ1) is 12.2. The predicted molar refractivity (Wildman–Crippen MR) is 68.0 cm³/mol. The molecule has 14 heavy (non-hydrogen) atoms. The van der Waals surface area contributed by atoms with Crippen molar-refractivity contribution in [3.63, 3.8) is 0 Å². The van der Waals surface area contributed by atoms with Crippen molar-refractivity contribution in [1.29, 1.82) is 0 Å². The van der Waals surface area contributed by atoms with Crippen molar-refractivity contribution in [3.05, 3.63) is 20.3 Å². The summed E-state index contributed by atoms with van der Waals surface area (Å²) in [5.74, 6) is 0. The van der Waals surface area contributed by atoms with Gasteiger partial charge in [0.15, 0.2) is 0 Å². The fourth-order valence-electron chi connectivity index (χ4n) is 1.41. The van der Waals surface area contributed by atoms with Crippen molar-refractivity contribution in [1.82, 2.24) is 5.32 Å². The Hall–Kier alpha value is 0.140. The Morgan fingerprint density at radius 2 is 2.29 bits per heavy atom. The molecule has 80 valence electrons. The average molecular weight is 276 g/mol. The van der Waals surface area contributed by atoms with E-state index in [1.807, 2.05) is 11.3 Å². The molecule has 0 saturated heterocycles. The Morgan fingerprint density at radius 1 is 1.57 bits per heavy atom. The average Bonchev–Trinajstić information content (AvgIpc) is 2.44. The van der Waals surface area contributed by atoms with Gasteiger partial charge in [0.2, 0.25) is 0 Å². The molecule has 0 saturated carbocycles. The fraction of sp³-hybridized carbons (Fsp3) is 0.636. The lowest BCUT2D eigenvalue weighted by Gasteiger charge is -2.10. The maximum Gasteiger partial charge on any atom is 0.0314 e. The van der Waals surface area contributed by atoms with Crippen LogP contribution in [0.5, 0.6) is 0 Å². The first-order valence-corrected chi connectivity index (χ1v) is 6.72. The summed E-state index contributed by atoms with van der Waals surface area (Å²) in [6.07, 6.45) is 2.51. The third kappa shape index (κ3) is 3.71. The largest absolute Gasteiger partial charge is 0.309 e. The number of aryl methyl sites for hydroxylation is 1. The van der Waals surface area contributed by atoms with Crippen LogP contribution in [0.25, 0.3) is 0 Å². The van der Waals surface area contributed by atoms with Gasteiger partial charge in [0.1, 0.15) is 0 Å². The minimum Gasteiger partial charge on any atom is -0.309 e. The zero-order valence-corrected chi connectivity index (χ0v) is 11.5. The summed E-state index contributed by atoms with van der Waals surface area (Å²) in [6.45, 7) is 7.62. The van der Waals surface area contributed by atoms with Crippen LogP contribution in [0.4, 0.5) is 0 Å². The lowest BCUT2D eigenvalue weighted by Crippen LogP contribution is -2.24. The van der Waals surface area contributed by atoms with Crippen LogP contribution >= 0.6 is 27.3 Å². The van der Waals surface area contributed by atoms with Gasteiger partial charge in [0.25, 0.3) is 0 Å². The SMILES string of the molecule is CCCC(C)NCc1cc(Br)c(C)s1. The molecule has 1 unspecified atom stereocenters. The van der Waals surface area contributed by atoms with Crippen LogP contribution in [0.1, 0.15) is 36.4 Å². The Balaban J connectivity index is 2.38. The van der Waals surface area contributed by atoms with E-state index >= 15 is 0 Å². The summed E-state index contributed by atoms with van der Waals surface area (Å²) in [4.78, 5) is 2.78. The van der Waals surface area contributed by atoms with Gasteiger partial charge in [-0.2, -0.15) is 0 Å². The first-order chi connectivity index (χ1) is 6.63. The highest BCUT2D eigenvalue weighted by atomic mass is 79.9. The smallest absolute Gasteiger partial charge is 0.0314 e. The van der Waals surface area contributed by atoms with Gasteiger partial charge < -0.3 is 5.32 Å². The Bertz CT molecular complexity index is 263. The van der Waals surface area contributed by atoms with Gasteiger partial charge in [-0.05, 0) is 42.3 Å². The fourth-order valence-corrected chi connectivity index (χ4v) is 2.97. The van der Waals surface area contributed by atoms with E-state index in [2.05, 4.69) is 48.1 Å². The molecule has 1 atom stereocenters. The molecule has 1 heterocycles. The van der Waals surface area contributed by atoms with Crippen molar-refractivity contribution < 1.29 is 0 Å². The molecule has 0 aliphatic carbocycles. The number of hydrogen-bond acceptors (Lipinski definition) is 2. The van der Waals surface area contributed by atoms with Crippen LogP contribution < -0.4 is 5.32 Å². The number of rotatable bonds is 5. The number of nitrogens with one attached hydrogen (secondary N) is 1. The third-order valence-electron chi connectivity index (χ3n) is 2.25. The first-order valence-electron chi connectivity index (χ1n) is 5.11. The zero-order valence-electron chi connectivity index (χ0n) is 9.06.